The average Bonchev–Trinajstić information content (AvgIpc) is 3.41. The smallest absolute Gasteiger partial charge is 0.337 e. The summed E-state index contributed by atoms with van der Waals surface area (Å²) in [5.74, 6) is 0.461. The molecule has 1 aromatic rings. The van der Waals surface area contributed by atoms with Crippen molar-refractivity contribution in [1.82, 2.24) is 5.32 Å². The molecular weight excluding hydrogens is 444 g/mol. The molecule has 0 saturated heterocycles. The topological polar surface area (TPSA) is 85.9 Å². The van der Waals surface area contributed by atoms with Gasteiger partial charge in [0.2, 0.25) is 0 Å². The van der Waals surface area contributed by atoms with Gasteiger partial charge in [-0.15, -0.1) is 0 Å². The van der Waals surface area contributed by atoms with Crippen LogP contribution >= 0.6 is 0 Å². The first-order chi connectivity index (χ1) is 17.0. The molecule has 5 rings (SSSR count). The summed E-state index contributed by atoms with van der Waals surface area (Å²) >= 11 is 0. The molecule has 2 N–H and O–H groups in total. The minimum absolute atomic E-state index is 0.148. The molecule has 2 aliphatic heterocycles. The summed E-state index contributed by atoms with van der Waals surface area (Å²) in [7, 11) is 2.99. The van der Waals surface area contributed by atoms with Gasteiger partial charge in [0, 0.05) is 17.3 Å². The van der Waals surface area contributed by atoms with Gasteiger partial charge in [-0.25, -0.2) is 4.79 Å². The molecule has 1 aromatic carbocycles. The van der Waals surface area contributed by atoms with E-state index in [1.807, 2.05) is 61.6 Å². The van der Waals surface area contributed by atoms with Crippen molar-refractivity contribution in [2.45, 2.75) is 50.4 Å². The lowest BCUT2D eigenvalue weighted by Gasteiger charge is -2.44. The maximum Gasteiger partial charge on any atom is 0.337 e. The largest absolute Gasteiger partial charge is 0.501 e. The van der Waals surface area contributed by atoms with E-state index in [1.165, 1.54) is 7.11 Å². The predicted octanol–water partition coefficient (Wildman–Crippen LogP) is 4.01. The number of ether oxygens (including phenoxy) is 3. The van der Waals surface area contributed by atoms with Gasteiger partial charge in [-0.3, -0.25) is 4.79 Å². The van der Waals surface area contributed by atoms with E-state index in [1.54, 1.807) is 7.11 Å². The summed E-state index contributed by atoms with van der Waals surface area (Å²) < 4.78 is 17.1. The highest BCUT2D eigenvalue weighted by Crippen LogP contribution is 2.51. The van der Waals surface area contributed by atoms with Crippen molar-refractivity contribution < 1.29 is 23.8 Å². The predicted molar refractivity (Wildman–Crippen MR) is 132 cm³/mol. The Kier molecular flexibility index (Phi) is 6.28. The first kappa shape index (κ1) is 23.4. The first-order valence-corrected chi connectivity index (χ1v) is 12.2. The van der Waals surface area contributed by atoms with Gasteiger partial charge in [0.15, 0.2) is 0 Å². The number of methoxy groups -OCH3 is 2. The Morgan fingerprint density at radius 1 is 1.14 bits per heavy atom. The standard InChI is InChI=1S/C28H32N2O5/c1-17-16-20(12-13-21(17)33-2)30-26(31)23-22-14-15-28(35-22,24(23)27(32)34-3)25(18-8-7-9-18)29-19-10-5-4-6-11-19/h4-6,10-15,17-18,22,25,29H,7-9,16H2,1-3H3,(H,30,31). The molecule has 184 valence electrons. The minimum Gasteiger partial charge on any atom is -0.501 e. The number of esters is 1. The minimum atomic E-state index is -1.07. The summed E-state index contributed by atoms with van der Waals surface area (Å²) in [5.41, 5.74) is 1.28. The lowest BCUT2D eigenvalue weighted by atomic mass is 9.69. The molecule has 1 fully saturated rings. The summed E-state index contributed by atoms with van der Waals surface area (Å²) in [6.07, 6.45) is 10.8. The lowest BCUT2D eigenvalue weighted by Crippen LogP contribution is -2.53. The van der Waals surface area contributed by atoms with Crippen LogP contribution in [-0.4, -0.2) is 43.8 Å². The van der Waals surface area contributed by atoms with E-state index in [0.29, 0.717) is 23.5 Å². The number of fused-ring (bicyclic) bond motifs is 2. The van der Waals surface area contributed by atoms with Gasteiger partial charge in [0.25, 0.3) is 5.91 Å². The van der Waals surface area contributed by atoms with Gasteiger partial charge in [-0.1, -0.05) is 37.6 Å². The van der Waals surface area contributed by atoms with Crippen molar-refractivity contribution in [3.8, 4) is 0 Å². The summed E-state index contributed by atoms with van der Waals surface area (Å²) in [6.45, 7) is 2.05. The Bertz CT molecular complexity index is 1130. The Balaban J connectivity index is 1.50. The van der Waals surface area contributed by atoms with Gasteiger partial charge < -0.3 is 24.8 Å². The van der Waals surface area contributed by atoms with Crippen molar-refractivity contribution in [2.75, 3.05) is 19.5 Å². The van der Waals surface area contributed by atoms with Crippen molar-refractivity contribution >= 4 is 17.6 Å². The molecule has 4 aliphatic rings. The fraction of sp³-hybridized carbons (Fsp3) is 0.429. The number of hydrogen-bond acceptors (Lipinski definition) is 6. The van der Waals surface area contributed by atoms with Crippen molar-refractivity contribution in [1.29, 1.82) is 0 Å². The zero-order valence-corrected chi connectivity index (χ0v) is 20.4. The Morgan fingerprint density at radius 3 is 2.54 bits per heavy atom. The number of benzene rings is 1. The summed E-state index contributed by atoms with van der Waals surface area (Å²) in [6, 6.07) is 9.70. The second-order valence-electron chi connectivity index (χ2n) is 9.67. The molecule has 0 aromatic heterocycles. The van der Waals surface area contributed by atoms with Crippen LogP contribution in [0.25, 0.3) is 0 Å². The zero-order chi connectivity index (χ0) is 24.6. The van der Waals surface area contributed by atoms with E-state index in [4.69, 9.17) is 14.2 Å². The molecule has 4 unspecified atom stereocenters. The van der Waals surface area contributed by atoms with E-state index in [0.717, 1.165) is 36.4 Å². The number of para-hydroxylation sites is 1. The lowest BCUT2D eigenvalue weighted by molar-refractivity contribution is -0.138. The van der Waals surface area contributed by atoms with Crippen LogP contribution < -0.4 is 10.6 Å². The van der Waals surface area contributed by atoms with Crippen molar-refractivity contribution in [2.24, 2.45) is 11.8 Å². The van der Waals surface area contributed by atoms with E-state index in [-0.39, 0.29) is 17.9 Å². The molecule has 7 heteroatoms. The molecule has 2 aliphatic carbocycles. The monoisotopic (exact) mass is 476 g/mol. The van der Waals surface area contributed by atoms with Crippen LogP contribution in [0.4, 0.5) is 5.69 Å². The van der Waals surface area contributed by atoms with E-state index >= 15 is 0 Å². The molecule has 1 saturated carbocycles. The first-order valence-electron chi connectivity index (χ1n) is 12.2. The molecule has 35 heavy (non-hydrogen) atoms. The molecule has 7 nitrogen and oxygen atoms in total. The second kappa shape index (κ2) is 9.38. The molecule has 1 amide bonds. The van der Waals surface area contributed by atoms with Crippen LogP contribution in [0.5, 0.6) is 0 Å². The van der Waals surface area contributed by atoms with Crippen LogP contribution in [0.2, 0.25) is 0 Å². The number of anilines is 1. The van der Waals surface area contributed by atoms with Crippen molar-refractivity contribution in [3.05, 3.63) is 77.2 Å². The van der Waals surface area contributed by atoms with Crippen LogP contribution in [0, 0.1) is 11.8 Å². The third kappa shape index (κ3) is 4.08. The van der Waals surface area contributed by atoms with Crippen LogP contribution in [0.1, 0.15) is 32.6 Å². The van der Waals surface area contributed by atoms with Gasteiger partial charge in [-0.2, -0.15) is 0 Å². The SMILES string of the molecule is COC(=O)C1=C(C(=O)NC2=CC=C(OC)C(C)C2)C2C=CC1(C(Nc1ccccc1)C1CCC1)O2. The van der Waals surface area contributed by atoms with E-state index < -0.39 is 17.7 Å². The zero-order valence-electron chi connectivity index (χ0n) is 20.4. The average molecular weight is 477 g/mol. The highest BCUT2D eigenvalue weighted by molar-refractivity contribution is 6.07. The van der Waals surface area contributed by atoms with Gasteiger partial charge >= 0.3 is 5.97 Å². The number of carbonyl (C=O) groups is 2. The van der Waals surface area contributed by atoms with E-state index in [2.05, 4.69) is 10.6 Å². The van der Waals surface area contributed by atoms with Crippen molar-refractivity contribution in [3.63, 3.8) is 0 Å². The van der Waals surface area contributed by atoms with Gasteiger partial charge in [0.05, 0.1) is 37.2 Å². The van der Waals surface area contributed by atoms with Gasteiger partial charge in [-0.05, 0) is 55.5 Å². The third-order valence-electron chi connectivity index (χ3n) is 7.57. The highest BCUT2D eigenvalue weighted by Gasteiger charge is 2.60. The fourth-order valence-electron chi connectivity index (χ4n) is 5.60. The fourth-order valence-corrected chi connectivity index (χ4v) is 5.60. The molecule has 4 atom stereocenters. The molecule has 0 radical (unpaired) electrons. The number of amides is 1. The second-order valence-corrected chi connectivity index (χ2v) is 9.67. The molecular formula is C28H32N2O5. The summed E-state index contributed by atoms with van der Waals surface area (Å²) in [4.78, 5) is 26.8. The number of hydrogen-bond donors (Lipinski definition) is 2. The number of nitrogens with one attached hydrogen (secondary N) is 2. The molecule has 2 heterocycles. The van der Waals surface area contributed by atoms with Crippen LogP contribution in [0.3, 0.4) is 0 Å². The molecule has 0 spiro atoms. The van der Waals surface area contributed by atoms with Crippen LogP contribution in [-0.2, 0) is 23.8 Å². The Morgan fingerprint density at radius 2 is 1.91 bits per heavy atom. The summed E-state index contributed by atoms with van der Waals surface area (Å²) in [5, 5.41) is 6.64. The third-order valence-corrected chi connectivity index (χ3v) is 7.57. The maximum atomic E-state index is 13.6. The highest BCUT2D eigenvalue weighted by atomic mass is 16.5. The quantitative estimate of drug-likeness (QED) is 0.436. The van der Waals surface area contributed by atoms with Gasteiger partial charge in [0.1, 0.15) is 11.7 Å². The number of rotatable bonds is 8. The normalized spacial score (nSPS) is 28.1. The number of allylic oxidation sites excluding steroid dienone is 4. The molecule has 2 bridgehead atoms. The van der Waals surface area contributed by atoms with E-state index in [9.17, 15) is 9.59 Å². The Labute approximate surface area is 205 Å². The Hall–Kier alpha value is -3.32. The van der Waals surface area contributed by atoms with Crippen LogP contribution in [0.15, 0.2) is 77.2 Å². The number of carbonyl (C=O) groups excluding carboxylic acids is 2. The maximum absolute atomic E-state index is 13.6.